The maximum atomic E-state index is 6.05. The summed E-state index contributed by atoms with van der Waals surface area (Å²) < 4.78 is 12.4. The van der Waals surface area contributed by atoms with E-state index in [2.05, 4.69) is 15.5 Å². The molecule has 0 aliphatic heterocycles. The van der Waals surface area contributed by atoms with Crippen LogP contribution in [0.3, 0.4) is 0 Å². The number of aromatic nitrogens is 4. The number of nitrogen functional groups attached to an aromatic ring is 1. The Kier molecular flexibility index (Phi) is 4.89. The van der Waals surface area contributed by atoms with Crippen molar-refractivity contribution in [3.63, 3.8) is 0 Å². The fraction of sp³-hybridized carbons (Fsp3) is 0.462. The van der Waals surface area contributed by atoms with Crippen LogP contribution in [0.15, 0.2) is 18.2 Å². The Morgan fingerprint density at radius 3 is 2.95 bits per heavy atom. The van der Waals surface area contributed by atoms with Gasteiger partial charge in [0.05, 0.1) is 12.2 Å². The van der Waals surface area contributed by atoms with Gasteiger partial charge in [-0.1, -0.05) is 6.07 Å². The maximum Gasteiger partial charge on any atom is 0.187 e. The highest BCUT2D eigenvalue weighted by Gasteiger charge is 2.17. The Balaban J connectivity index is 2.34. The molecule has 1 aromatic carbocycles. The largest absolute Gasteiger partial charge is 0.493 e. The molecule has 1 heterocycles. The van der Waals surface area contributed by atoms with Crippen molar-refractivity contribution in [1.29, 1.82) is 0 Å². The SMILES string of the molecule is CCOc1cccc(N)c1-c1nnnn1CCCOC. The predicted octanol–water partition coefficient (Wildman–Crippen LogP) is 1.36. The number of nitrogens with two attached hydrogens (primary N) is 1. The number of aryl methyl sites for hydroxylation is 1. The van der Waals surface area contributed by atoms with Gasteiger partial charge in [0, 0.05) is 25.9 Å². The first-order valence-electron chi connectivity index (χ1n) is 6.54. The predicted molar refractivity (Wildman–Crippen MR) is 75.3 cm³/mol. The number of anilines is 1. The minimum atomic E-state index is 0.557. The molecule has 108 valence electrons. The van der Waals surface area contributed by atoms with E-state index in [-0.39, 0.29) is 0 Å². The Morgan fingerprint density at radius 1 is 1.35 bits per heavy atom. The van der Waals surface area contributed by atoms with Gasteiger partial charge < -0.3 is 15.2 Å². The number of tetrazole rings is 1. The average Bonchev–Trinajstić information content (AvgIpc) is 2.88. The van der Waals surface area contributed by atoms with Gasteiger partial charge in [-0.25, -0.2) is 4.68 Å². The fourth-order valence-electron chi connectivity index (χ4n) is 1.96. The molecule has 0 atom stereocenters. The lowest BCUT2D eigenvalue weighted by atomic mass is 10.1. The van der Waals surface area contributed by atoms with E-state index in [1.165, 1.54) is 0 Å². The number of benzene rings is 1. The van der Waals surface area contributed by atoms with Crippen molar-refractivity contribution in [2.75, 3.05) is 26.1 Å². The summed E-state index contributed by atoms with van der Waals surface area (Å²) in [6, 6.07) is 5.53. The topological polar surface area (TPSA) is 88.1 Å². The summed E-state index contributed by atoms with van der Waals surface area (Å²) >= 11 is 0. The second kappa shape index (κ2) is 6.85. The lowest BCUT2D eigenvalue weighted by Gasteiger charge is -2.12. The first kappa shape index (κ1) is 14.3. The fourth-order valence-corrected chi connectivity index (χ4v) is 1.96. The number of rotatable bonds is 7. The van der Waals surface area contributed by atoms with E-state index in [4.69, 9.17) is 15.2 Å². The van der Waals surface area contributed by atoms with Crippen LogP contribution in [0.2, 0.25) is 0 Å². The normalized spacial score (nSPS) is 10.7. The molecule has 2 aromatic rings. The van der Waals surface area contributed by atoms with Crippen molar-refractivity contribution in [3.8, 4) is 17.1 Å². The molecule has 20 heavy (non-hydrogen) atoms. The third-order valence-electron chi connectivity index (χ3n) is 2.83. The zero-order valence-corrected chi connectivity index (χ0v) is 11.7. The molecular formula is C13H19N5O2. The molecule has 2 rings (SSSR count). The highest BCUT2D eigenvalue weighted by Crippen LogP contribution is 2.33. The molecule has 0 fully saturated rings. The Labute approximate surface area is 117 Å². The molecule has 7 nitrogen and oxygen atoms in total. The van der Waals surface area contributed by atoms with Gasteiger partial charge >= 0.3 is 0 Å². The molecule has 0 aliphatic rings. The highest BCUT2D eigenvalue weighted by molar-refractivity contribution is 5.77. The van der Waals surface area contributed by atoms with Gasteiger partial charge in [-0.3, -0.25) is 0 Å². The second-order valence-corrected chi connectivity index (χ2v) is 4.23. The molecular weight excluding hydrogens is 258 g/mol. The van der Waals surface area contributed by atoms with Gasteiger partial charge in [0.1, 0.15) is 5.75 Å². The van der Waals surface area contributed by atoms with Crippen LogP contribution in [-0.4, -0.2) is 40.5 Å². The Hall–Kier alpha value is -2.15. The third-order valence-corrected chi connectivity index (χ3v) is 2.83. The third kappa shape index (κ3) is 3.05. The van der Waals surface area contributed by atoms with Crippen LogP contribution < -0.4 is 10.5 Å². The lowest BCUT2D eigenvalue weighted by molar-refractivity contribution is 0.189. The van der Waals surface area contributed by atoms with Crippen LogP contribution in [0.1, 0.15) is 13.3 Å². The summed E-state index contributed by atoms with van der Waals surface area (Å²) in [5.41, 5.74) is 7.38. The summed E-state index contributed by atoms with van der Waals surface area (Å²) in [5, 5.41) is 11.8. The lowest BCUT2D eigenvalue weighted by Crippen LogP contribution is -2.07. The zero-order valence-electron chi connectivity index (χ0n) is 11.7. The molecule has 0 bridgehead atoms. The Bertz CT molecular complexity index is 555. The molecule has 0 aliphatic carbocycles. The second-order valence-electron chi connectivity index (χ2n) is 4.23. The van der Waals surface area contributed by atoms with Crippen molar-refractivity contribution in [2.45, 2.75) is 19.9 Å². The summed E-state index contributed by atoms with van der Waals surface area (Å²) in [6.45, 7) is 3.80. The van der Waals surface area contributed by atoms with E-state index in [0.29, 0.717) is 37.0 Å². The summed E-state index contributed by atoms with van der Waals surface area (Å²) in [5.74, 6) is 1.30. The smallest absolute Gasteiger partial charge is 0.187 e. The van der Waals surface area contributed by atoms with Crippen LogP contribution in [0, 0.1) is 0 Å². The average molecular weight is 277 g/mol. The molecule has 2 N–H and O–H groups in total. The van der Waals surface area contributed by atoms with Gasteiger partial charge in [-0.15, -0.1) is 5.10 Å². The molecule has 0 amide bonds. The number of ether oxygens (including phenoxy) is 2. The van der Waals surface area contributed by atoms with Crippen molar-refractivity contribution < 1.29 is 9.47 Å². The van der Waals surface area contributed by atoms with Crippen LogP contribution in [0.5, 0.6) is 5.75 Å². The summed E-state index contributed by atoms with van der Waals surface area (Å²) in [7, 11) is 1.67. The molecule has 0 saturated heterocycles. The molecule has 0 spiro atoms. The van der Waals surface area contributed by atoms with E-state index < -0.39 is 0 Å². The van der Waals surface area contributed by atoms with E-state index in [1.807, 2.05) is 25.1 Å². The molecule has 0 unspecified atom stereocenters. The standard InChI is InChI=1S/C13H19N5O2/c1-3-20-11-7-4-6-10(14)12(11)13-15-16-17-18(13)8-5-9-19-2/h4,6-7H,3,5,8-9,14H2,1-2H3. The van der Waals surface area contributed by atoms with Gasteiger partial charge in [0.2, 0.25) is 0 Å². The maximum absolute atomic E-state index is 6.05. The van der Waals surface area contributed by atoms with Crippen LogP contribution in [-0.2, 0) is 11.3 Å². The monoisotopic (exact) mass is 277 g/mol. The van der Waals surface area contributed by atoms with Crippen molar-refractivity contribution in [2.24, 2.45) is 0 Å². The first-order chi connectivity index (χ1) is 9.77. The van der Waals surface area contributed by atoms with Crippen LogP contribution in [0.25, 0.3) is 11.4 Å². The molecule has 1 aromatic heterocycles. The van der Waals surface area contributed by atoms with E-state index in [9.17, 15) is 0 Å². The minimum Gasteiger partial charge on any atom is -0.493 e. The summed E-state index contributed by atoms with van der Waals surface area (Å²) in [4.78, 5) is 0. The molecule has 0 saturated carbocycles. The Morgan fingerprint density at radius 2 is 2.20 bits per heavy atom. The van der Waals surface area contributed by atoms with Crippen LogP contribution in [0.4, 0.5) is 5.69 Å². The number of methoxy groups -OCH3 is 1. The van der Waals surface area contributed by atoms with Crippen molar-refractivity contribution in [3.05, 3.63) is 18.2 Å². The van der Waals surface area contributed by atoms with Crippen LogP contribution >= 0.6 is 0 Å². The minimum absolute atomic E-state index is 0.557. The van der Waals surface area contributed by atoms with Crippen molar-refractivity contribution >= 4 is 5.69 Å². The quantitative estimate of drug-likeness (QED) is 0.607. The number of nitrogens with zero attached hydrogens (tertiary/aromatic N) is 4. The van der Waals surface area contributed by atoms with E-state index in [0.717, 1.165) is 12.0 Å². The van der Waals surface area contributed by atoms with E-state index in [1.54, 1.807) is 11.8 Å². The van der Waals surface area contributed by atoms with Gasteiger partial charge in [0.25, 0.3) is 0 Å². The van der Waals surface area contributed by atoms with Gasteiger partial charge in [0.15, 0.2) is 5.82 Å². The molecule has 0 radical (unpaired) electrons. The molecule has 7 heteroatoms. The van der Waals surface area contributed by atoms with Gasteiger partial charge in [-0.05, 0) is 35.9 Å². The van der Waals surface area contributed by atoms with E-state index >= 15 is 0 Å². The number of hydrogen-bond acceptors (Lipinski definition) is 6. The highest BCUT2D eigenvalue weighted by atomic mass is 16.5. The van der Waals surface area contributed by atoms with Gasteiger partial charge in [-0.2, -0.15) is 0 Å². The zero-order chi connectivity index (χ0) is 14.4. The first-order valence-corrected chi connectivity index (χ1v) is 6.54. The summed E-state index contributed by atoms with van der Waals surface area (Å²) in [6.07, 6.45) is 0.825. The number of hydrogen-bond donors (Lipinski definition) is 1. The van der Waals surface area contributed by atoms with Crippen molar-refractivity contribution in [1.82, 2.24) is 20.2 Å².